The summed E-state index contributed by atoms with van der Waals surface area (Å²) >= 11 is 0. The van der Waals surface area contributed by atoms with E-state index < -0.39 is 11.9 Å². The molecule has 20 heavy (non-hydrogen) atoms. The Morgan fingerprint density at radius 1 is 1.45 bits per heavy atom. The van der Waals surface area contributed by atoms with Gasteiger partial charge in [-0.15, -0.1) is 0 Å². The molecule has 0 aliphatic carbocycles. The van der Waals surface area contributed by atoms with E-state index in [2.05, 4.69) is 5.32 Å². The molecule has 0 aliphatic rings. The number of hydrogen-bond donors (Lipinski definition) is 2. The van der Waals surface area contributed by atoms with Gasteiger partial charge in [0.05, 0.1) is 0 Å². The smallest absolute Gasteiger partial charge is 0.260 e. The van der Waals surface area contributed by atoms with Gasteiger partial charge in [0, 0.05) is 12.6 Å². The van der Waals surface area contributed by atoms with Crippen LogP contribution < -0.4 is 15.8 Å². The van der Waals surface area contributed by atoms with Crippen molar-refractivity contribution in [2.24, 2.45) is 5.73 Å². The van der Waals surface area contributed by atoms with Gasteiger partial charge in [-0.05, 0) is 44.4 Å². The van der Waals surface area contributed by atoms with Gasteiger partial charge in [0.15, 0.2) is 17.7 Å². The molecular weight excluding hydrogens is 259 g/mol. The molecule has 0 radical (unpaired) electrons. The fraction of sp³-hybridized carbons (Fsp3) is 0.533. The predicted molar refractivity (Wildman–Crippen MR) is 77.1 cm³/mol. The van der Waals surface area contributed by atoms with Crippen molar-refractivity contribution in [3.8, 4) is 5.75 Å². The first-order chi connectivity index (χ1) is 9.47. The molecular formula is C15H23FN2O2. The molecule has 0 aliphatic heterocycles. The number of halogens is 1. The molecule has 0 spiro atoms. The fourth-order valence-corrected chi connectivity index (χ4v) is 1.78. The van der Waals surface area contributed by atoms with Gasteiger partial charge in [0.25, 0.3) is 5.91 Å². The van der Waals surface area contributed by atoms with E-state index in [1.165, 1.54) is 6.07 Å². The number of rotatable bonds is 7. The van der Waals surface area contributed by atoms with Gasteiger partial charge in [-0.25, -0.2) is 4.39 Å². The van der Waals surface area contributed by atoms with Gasteiger partial charge in [-0.2, -0.15) is 0 Å². The summed E-state index contributed by atoms with van der Waals surface area (Å²) in [6.07, 6.45) is 0.737. The molecule has 5 heteroatoms. The number of nitrogens with two attached hydrogens (primary N) is 1. The lowest BCUT2D eigenvalue weighted by molar-refractivity contribution is -0.127. The van der Waals surface area contributed by atoms with Crippen LogP contribution in [-0.4, -0.2) is 24.6 Å². The van der Waals surface area contributed by atoms with Crippen LogP contribution in [0.15, 0.2) is 18.2 Å². The van der Waals surface area contributed by atoms with Gasteiger partial charge < -0.3 is 15.8 Å². The summed E-state index contributed by atoms with van der Waals surface area (Å²) in [5.41, 5.74) is 6.67. The number of carbonyl (C=O) groups excluding carboxylic acids is 1. The van der Waals surface area contributed by atoms with Gasteiger partial charge in [-0.1, -0.05) is 13.0 Å². The number of amides is 1. The molecule has 0 heterocycles. The summed E-state index contributed by atoms with van der Waals surface area (Å²) in [5.74, 6) is -0.650. The second-order valence-electron chi connectivity index (χ2n) is 4.79. The van der Waals surface area contributed by atoms with E-state index in [1.54, 1.807) is 19.1 Å². The second kappa shape index (κ2) is 7.85. The zero-order valence-electron chi connectivity index (χ0n) is 12.3. The average Bonchev–Trinajstić information content (AvgIpc) is 2.41. The Balaban J connectivity index is 2.70. The van der Waals surface area contributed by atoms with Crippen molar-refractivity contribution in [1.82, 2.24) is 5.32 Å². The maximum atomic E-state index is 13.9. The van der Waals surface area contributed by atoms with Crippen LogP contribution in [0.25, 0.3) is 0 Å². The van der Waals surface area contributed by atoms with Crippen molar-refractivity contribution in [2.45, 2.75) is 45.8 Å². The Morgan fingerprint density at radius 2 is 2.15 bits per heavy atom. The highest BCUT2D eigenvalue weighted by atomic mass is 19.1. The summed E-state index contributed by atoms with van der Waals surface area (Å²) in [5, 5.41) is 2.63. The first-order valence-electron chi connectivity index (χ1n) is 6.96. The molecule has 112 valence electrons. The Morgan fingerprint density at radius 3 is 2.70 bits per heavy atom. The van der Waals surface area contributed by atoms with E-state index in [9.17, 15) is 9.18 Å². The molecule has 2 unspecified atom stereocenters. The highest BCUT2D eigenvalue weighted by Gasteiger charge is 2.16. The first-order valence-corrected chi connectivity index (χ1v) is 6.96. The van der Waals surface area contributed by atoms with Gasteiger partial charge >= 0.3 is 0 Å². The third-order valence-corrected chi connectivity index (χ3v) is 3.04. The Kier molecular flexibility index (Phi) is 6.45. The van der Waals surface area contributed by atoms with Crippen LogP contribution in [0.4, 0.5) is 4.39 Å². The van der Waals surface area contributed by atoms with E-state index in [0.717, 1.165) is 12.0 Å². The second-order valence-corrected chi connectivity index (χ2v) is 4.79. The van der Waals surface area contributed by atoms with Gasteiger partial charge in [0.1, 0.15) is 0 Å². The summed E-state index contributed by atoms with van der Waals surface area (Å²) < 4.78 is 19.2. The molecule has 0 bridgehead atoms. The maximum Gasteiger partial charge on any atom is 0.260 e. The van der Waals surface area contributed by atoms with Crippen LogP contribution >= 0.6 is 0 Å². The summed E-state index contributed by atoms with van der Waals surface area (Å²) in [6, 6.07) is 4.76. The molecule has 0 saturated heterocycles. The van der Waals surface area contributed by atoms with E-state index in [4.69, 9.17) is 10.5 Å². The molecule has 3 N–H and O–H groups in total. The van der Waals surface area contributed by atoms with Crippen molar-refractivity contribution in [2.75, 3.05) is 6.54 Å². The normalized spacial score (nSPS) is 13.7. The Labute approximate surface area is 119 Å². The van der Waals surface area contributed by atoms with Crippen LogP contribution in [0, 0.1) is 5.82 Å². The minimum atomic E-state index is -0.729. The molecule has 0 aromatic heterocycles. The van der Waals surface area contributed by atoms with Crippen LogP contribution in [0.3, 0.4) is 0 Å². The number of nitrogens with one attached hydrogen (secondary N) is 1. The summed E-state index contributed by atoms with van der Waals surface area (Å²) in [4.78, 5) is 11.5. The van der Waals surface area contributed by atoms with Crippen LogP contribution in [0.1, 0.15) is 32.8 Å². The summed E-state index contributed by atoms with van der Waals surface area (Å²) in [7, 11) is 0. The number of benzene rings is 1. The van der Waals surface area contributed by atoms with E-state index in [-0.39, 0.29) is 17.7 Å². The van der Waals surface area contributed by atoms with Crippen molar-refractivity contribution >= 4 is 5.91 Å². The average molecular weight is 282 g/mol. The number of hydrogen-bond acceptors (Lipinski definition) is 3. The third-order valence-electron chi connectivity index (χ3n) is 3.04. The van der Waals surface area contributed by atoms with E-state index in [1.807, 2.05) is 13.8 Å². The van der Waals surface area contributed by atoms with Crippen molar-refractivity contribution < 1.29 is 13.9 Å². The third kappa shape index (κ3) is 4.81. The standard InChI is InChI=1S/C15H23FN2O2/c1-4-12(17)8-11-6-7-14(13(16)9-11)20-10(3)15(19)18-5-2/h6-7,9-10,12H,4-5,8,17H2,1-3H3,(H,18,19). The minimum Gasteiger partial charge on any atom is -0.478 e. The zero-order valence-corrected chi connectivity index (χ0v) is 12.3. The molecule has 0 fully saturated rings. The predicted octanol–water partition coefficient (Wildman–Crippen LogP) is 2.01. The van der Waals surface area contributed by atoms with Crippen molar-refractivity contribution in [3.63, 3.8) is 0 Å². The number of ether oxygens (including phenoxy) is 1. The summed E-state index contributed by atoms with van der Waals surface area (Å²) in [6.45, 7) is 5.91. The largest absolute Gasteiger partial charge is 0.478 e. The van der Waals surface area contributed by atoms with E-state index in [0.29, 0.717) is 13.0 Å². The topological polar surface area (TPSA) is 64.3 Å². The highest BCUT2D eigenvalue weighted by molar-refractivity contribution is 5.80. The molecule has 2 atom stereocenters. The van der Waals surface area contributed by atoms with Gasteiger partial charge in [0.2, 0.25) is 0 Å². The fourth-order valence-electron chi connectivity index (χ4n) is 1.78. The molecule has 1 rings (SSSR count). The van der Waals surface area contributed by atoms with Crippen molar-refractivity contribution in [1.29, 1.82) is 0 Å². The zero-order chi connectivity index (χ0) is 15.1. The SMILES string of the molecule is CCNC(=O)C(C)Oc1ccc(CC(N)CC)cc1F. The lowest BCUT2D eigenvalue weighted by Gasteiger charge is -2.15. The number of likely N-dealkylation sites (N-methyl/N-ethyl adjacent to an activating group) is 1. The molecule has 4 nitrogen and oxygen atoms in total. The minimum absolute atomic E-state index is 0.0235. The monoisotopic (exact) mass is 282 g/mol. The number of carbonyl (C=O) groups is 1. The van der Waals surface area contributed by atoms with Crippen LogP contribution in [0.2, 0.25) is 0 Å². The Bertz CT molecular complexity index is 451. The lowest BCUT2D eigenvalue weighted by atomic mass is 10.0. The van der Waals surface area contributed by atoms with Crippen LogP contribution in [0.5, 0.6) is 5.75 Å². The molecule has 1 amide bonds. The molecule has 1 aromatic rings. The van der Waals surface area contributed by atoms with Gasteiger partial charge in [-0.3, -0.25) is 4.79 Å². The first kappa shape index (κ1) is 16.4. The maximum absolute atomic E-state index is 13.9. The quantitative estimate of drug-likeness (QED) is 0.804. The van der Waals surface area contributed by atoms with Crippen molar-refractivity contribution in [3.05, 3.63) is 29.6 Å². The lowest BCUT2D eigenvalue weighted by Crippen LogP contribution is -2.36. The Hall–Kier alpha value is -1.62. The highest BCUT2D eigenvalue weighted by Crippen LogP contribution is 2.20. The van der Waals surface area contributed by atoms with E-state index >= 15 is 0 Å². The molecule has 1 aromatic carbocycles. The molecule has 0 saturated carbocycles. The van der Waals surface area contributed by atoms with Crippen LogP contribution in [-0.2, 0) is 11.2 Å².